The van der Waals surface area contributed by atoms with E-state index in [1.54, 1.807) is 11.3 Å². The smallest absolute Gasteiger partial charge is 0.192 e. The summed E-state index contributed by atoms with van der Waals surface area (Å²) < 4.78 is 0. The summed E-state index contributed by atoms with van der Waals surface area (Å²) in [4.78, 5) is 5.96. The molecule has 0 amide bonds. The summed E-state index contributed by atoms with van der Waals surface area (Å²) in [5, 5.41) is 10.8. The standard InChI is InChI=1S/C14H16N4S/c15-13(16)18-14-17-12-10(7-4-8-11(12)19-14)9-5-2-1-3-6-9/h1-3,5-6,10H,4,7-8H2,(H4,15,16,17,18). The molecule has 1 unspecified atom stereocenters. The van der Waals surface area contributed by atoms with Gasteiger partial charge in [-0.15, -0.1) is 11.3 Å². The number of hydrogen-bond donors (Lipinski definition) is 3. The Bertz CT molecular complexity index is 591. The summed E-state index contributed by atoms with van der Waals surface area (Å²) in [6.45, 7) is 0. The molecule has 4 nitrogen and oxygen atoms in total. The third kappa shape index (κ3) is 2.46. The molecule has 1 aliphatic carbocycles. The molecule has 19 heavy (non-hydrogen) atoms. The number of nitrogens with two attached hydrogens (primary N) is 1. The van der Waals surface area contributed by atoms with Crippen molar-refractivity contribution in [2.75, 3.05) is 5.32 Å². The number of hydrogen-bond acceptors (Lipinski definition) is 3. The number of fused-ring (bicyclic) bond motifs is 1. The number of anilines is 1. The molecule has 0 fully saturated rings. The van der Waals surface area contributed by atoms with Crippen molar-refractivity contribution in [3.05, 3.63) is 46.5 Å². The Morgan fingerprint density at radius 2 is 2.16 bits per heavy atom. The van der Waals surface area contributed by atoms with Crippen LogP contribution in [0.1, 0.15) is 34.9 Å². The lowest BCUT2D eigenvalue weighted by atomic mass is 9.85. The predicted molar refractivity (Wildman–Crippen MR) is 78.9 cm³/mol. The molecule has 4 N–H and O–H groups in total. The molecule has 1 aromatic carbocycles. The average molecular weight is 272 g/mol. The van der Waals surface area contributed by atoms with Crippen molar-refractivity contribution >= 4 is 22.4 Å². The number of rotatable bonds is 2. The van der Waals surface area contributed by atoms with E-state index in [4.69, 9.17) is 11.1 Å². The van der Waals surface area contributed by atoms with Gasteiger partial charge in [-0.2, -0.15) is 0 Å². The van der Waals surface area contributed by atoms with Crippen molar-refractivity contribution in [3.8, 4) is 0 Å². The summed E-state index contributed by atoms with van der Waals surface area (Å²) in [5.41, 5.74) is 7.85. The zero-order chi connectivity index (χ0) is 13.2. The minimum absolute atomic E-state index is 0.0534. The van der Waals surface area contributed by atoms with Gasteiger partial charge in [0.1, 0.15) is 0 Å². The molecule has 0 radical (unpaired) electrons. The lowest BCUT2D eigenvalue weighted by molar-refractivity contribution is 0.610. The molecule has 2 aromatic rings. The summed E-state index contributed by atoms with van der Waals surface area (Å²) >= 11 is 1.62. The summed E-state index contributed by atoms with van der Waals surface area (Å²) in [5.74, 6) is 0.325. The van der Waals surface area contributed by atoms with E-state index in [9.17, 15) is 0 Å². The molecular weight excluding hydrogens is 256 g/mol. The lowest BCUT2D eigenvalue weighted by Gasteiger charge is -2.21. The first-order valence-electron chi connectivity index (χ1n) is 6.39. The first-order chi connectivity index (χ1) is 9.24. The van der Waals surface area contributed by atoms with E-state index < -0.39 is 0 Å². The van der Waals surface area contributed by atoms with Crippen LogP contribution in [-0.4, -0.2) is 10.9 Å². The fourth-order valence-electron chi connectivity index (χ4n) is 2.60. The van der Waals surface area contributed by atoms with Crippen molar-refractivity contribution in [2.45, 2.75) is 25.2 Å². The Morgan fingerprint density at radius 1 is 1.37 bits per heavy atom. The fourth-order valence-corrected chi connectivity index (χ4v) is 3.67. The second-order valence-corrected chi connectivity index (χ2v) is 5.81. The highest BCUT2D eigenvalue weighted by atomic mass is 32.1. The Labute approximate surface area is 116 Å². The van der Waals surface area contributed by atoms with Crippen LogP contribution in [0.25, 0.3) is 0 Å². The maximum Gasteiger partial charge on any atom is 0.192 e. The van der Waals surface area contributed by atoms with E-state index in [1.807, 2.05) is 6.07 Å². The second kappa shape index (κ2) is 5.01. The number of aryl methyl sites for hydroxylation is 1. The minimum atomic E-state index is -0.0534. The van der Waals surface area contributed by atoms with Crippen LogP contribution in [0.4, 0.5) is 5.13 Å². The summed E-state index contributed by atoms with van der Waals surface area (Å²) in [7, 11) is 0. The highest BCUT2D eigenvalue weighted by Gasteiger charge is 2.25. The van der Waals surface area contributed by atoms with E-state index in [0.717, 1.165) is 23.7 Å². The molecule has 98 valence electrons. The topological polar surface area (TPSA) is 74.8 Å². The third-order valence-electron chi connectivity index (χ3n) is 3.40. The zero-order valence-corrected chi connectivity index (χ0v) is 11.3. The van der Waals surface area contributed by atoms with Crippen molar-refractivity contribution in [2.24, 2.45) is 5.73 Å². The number of nitrogens with zero attached hydrogens (tertiary/aromatic N) is 1. The Kier molecular flexibility index (Phi) is 3.21. The number of aromatic nitrogens is 1. The van der Waals surface area contributed by atoms with Crippen LogP contribution < -0.4 is 11.1 Å². The van der Waals surface area contributed by atoms with Crippen LogP contribution in [0.3, 0.4) is 0 Å². The van der Waals surface area contributed by atoms with Crippen molar-refractivity contribution in [1.82, 2.24) is 4.98 Å². The molecule has 0 aliphatic heterocycles. The molecule has 1 aromatic heterocycles. The van der Waals surface area contributed by atoms with Crippen molar-refractivity contribution in [1.29, 1.82) is 5.41 Å². The maximum atomic E-state index is 7.29. The third-order valence-corrected chi connectivity index (χ3v) is 4.44. The lowest BCUT2D eigenvalue weighted by Crippen LogP contribution is -2.20. The van der Waals surface area contributed by atoms with Crippen LogP contribution in [0, 0.1) is 5.41 Å². The van der Waals surface area contributed by atoms with Crippen molar-refractivity contribution < 1.29 is 0 Å². The Morgan fingerprint density at radius 3 is 2.89 bits per heavy atom. The van der Waals surface area contributed by atoms with Crippen LogP contribution in [-0.2, 0) is 6.42 Å². The van der Waals surface area contributed by atoms with Crippen molar-refractivity contribution in [3.63, 3.8) is 0 Å². The van der Waals surface area contributed by atoms with Gasteiger partial charge in [0, 0.05) is 10.8 Å². The Balaban J connectivity index is 1.95. The molecule has 0 bridgehead atoms. The van der Waals surface area contributed by atoms with E-state index in [2.05, 4.69) is 34.6 Å². The molecule has 1 aliphatic rings. The van der Waals surface area contributed by atoms with Gasteiger partial charge in [-0.25, -0.2) is 4.98 Å². The molecular formula is C14H16N4S. The number of thiazole rings is 1. The largest absolute Gasteiger partial charge is 0.370 e. The van der Waals surface area contributed by atoms with E-state index in [1.165, 1.54) is 16.9 Å². The van der Waals surface area contributed by atoms with Crippen LogP contribution in [0.2, 0.25) is 0 Å². The van der Waals surface area contributed by atoms with Gasteiger partial charge in [-0.05, 0) is 24.8 Å². The first kappa shape index (κ1) is 12.2. The van der Waals surface area contributed by atoms with Crippen LogP contribution in [0.5, 0.6) is 0 Å². The van der Waals surface area contributed by atoms with Gasteiger partial charge >= 0.3 is 0 Å². The molecule has 5 heteroatoms. The quantitative estimate of drug-likeness (QED) is 0.581. The number of nitrogens with one attached hydrogen (secondary N) is 2. The molecule has 0 saturated heterocycles. The summed E-state index contributed by atoms with van der Waals surface area (Å²) in [6, 6.07) is 10.5. The molecule has 0 saturated carbocycles. The van der Waals surface area contributed by atoms with E-state index in [-0.39, 0.29) is 5.96 Å². The zero-order valence-electron chi connectivity index (χ0n) is 10.5. The van der Waals surface area contributed by atoms with Gasteiger partial charge in [0.2, 0.25) is 0 Å². The minimum Gasteiger partial charge on any atom is -0.370 e. The highest BCUT2D eigenvalue weighted by molar-refractivity contribution is 7.15. The monoisotopic (exact) mass is 272 g/mol. The predicted octanol–water partition coefficient (Wildman–Crippen LogP) is 2.92. The van der Waals surface area contributed by atoms with Gasteiger partial charge in [0.05, 0.1) is 5.69 Å². The highest BCUT2D eigenvalue weighted by Crippen LogP contribution is 2.40. The number of guanidine groups is 1. The SMILES string of the molecule is N=C(N)Nc1nc2c(s1)CCCC2c1ccccc1. The average Bonchev–Trinajstić information content (AvgIpc) is 2.80. The summed E-state index contributed by atoms with van der Waals surface area (Å²) in [6.07, 6.45) is 3.41. The molecule has 3 rings (SSSR count). The normalized spacial score (nSPS) is 17.8. The first-order valence-corrected chi connectivity index (χ1v) is 7.21. The second-order valence-electron chi connectivity index (χ2n) is 4.72. The molecule has 1 heterocycles. The van der Waals surface area contributed by atoms with Crippen LogP contribution in [0.15, 0.2) is 30.3 Å². The Hall–Kier alpha value is -1.88. The van der Waals surface area contributed by atoms with E-state index >= 15 is 0 Å². The molecule has 1 atom stereocenters. The maximum absolute atomic E-state index is 7.29. The van der Waals surface area contributed by atoms with Gasteiger partial charge in [0.15, 0.2) is 11.1 Å². The van der Waals surface area contributed by atoms with Gasteiger partial charge in [0.25, 0.3) is 0 Å². The van der Waals surface area contributed by atoms with Gasteiger partial charge in [-0.3, -0.25) is 5.41 Å². The number of benzene rings is 1. The van der Waals surface area contributed by atoms with Gasteiger partial charge < -0.3 is 11.1 Å². The van der Waals surface area contributed by atoms with Crippen LogP contribution >= 0.6 is 11.3 Å². The van der Waals surface area contributed by atoms with E-state index in [0.29, 0.717) is 5.92 Å². The van der Waals surface area contributed by atoms with Gasteiger partial charge in [-0.1, -0.05) is 30.3 Å². The molecule has 0 spiro atoms. The fraction of sp³-hybridized carbons (Fsp3) is 0.286.